The second-order valence-electron chi connectivity index (χ2n) is 7.41. The lowest BCUT2D eigenvalue weighted by atomic mass is 10.1. The van der Waals surface area contributed by atoms with Crippen LogP contribution in [0.1, 0.15) is 22.6 Å². The zero-order valence-corrected chi connectivity index (χ0v) is 16.1. The van der Waals surface area contributed by atoms with Gasteiger partial charge in [-0.1, -0.05) is 47.5 Å². The fraction of sp³-hybridized carbons (Fsp3) is 0.364. The molecule has 0 saturated carbocycles. The van der Waals surface area contributed by atoms with Crippen LogP contribution in [0.4, 0.5) is 0 Å². The van der Waals surface area contributed by atoms with Crippen molar-refractivity contribution in [2.45, 2.75) is 26.9 Å². The molecule has 0 bridgehead atoms. The van der Waals surface area contributed by atoms with Crippen molar-refractivity contribution in [3.63, 3.8) is 0 Å². The molecule has 5 heteroatoms. The van der Waals surface area contributed by atoms with Crippen LogP contribution < -0.4 is 0 Å². The summed E-state index contributed by atoms with van der Waals surface area (Å²) < 4.78 is 5.87. The molecule has 5 nitrogen and oxygen atoms in total. The number of aryl methyl sites for hydroxylation is 2. The summed E-state index contributed by atoms with van der Waals surface area (Å²) in [6.07, 6.45) is 0. The van der Waals surface area contributed by atoms with Gasteiger partial charge in [-0.15, -0.1) is 10.2 Å². The van der Waals surface area contributed by atoms with Gasteiger partial charge in [-0.2, -0.15) is 0 Å². The Kier molecular flexibility index (Phi) is 5.32. The van der Waals surface area contributed by atoms with E-state index in [1.165, 1.54) is 16.7 Å². The number of hydrogen-bond donors (Lipinski definition) is 0. The Bertz CT molecular complexity index is 879. The van der Waals surface area contributed by atoms with E-state index in [0.717, 1.165) is 44.8 Å². The van der Waals surface area contributed by atoms with E-state index in [4.69, 9.17) is 4.42 Å². The van der Waals surface area contributed by atoms with Crippen LogP contribution >= 0.6 is 0 Å². The third-order valence-electron chi connectivity index (χ3n) is 5.08. The molecule has 2 heterocycles. The van der Waals surface area contributed by atoms with Crippen LogP contribution in [0.15, 0.2) is 52.9 Å². The number of hydrogen-bond acceptors (Lipinski definition) is 5. The molecule has 27 heavy (non-hydrogen) atoms. The standard InChI is InChI=1S/C22H26N4O/c1-17-6-8-20(9-7-17)22-24-23-21(27-22)16-26-12-10-25(11-13-26)15-19-5-3-4-18(2)14-19/h3-9,14H,10-13,15-16H2,1-2H3. The average Bonchev–Trinajstić information content (AvgIpc) is 3.12. The Labute approximate surface area is 160 Å². The SMILES string of the molecule is Cc1ccc(-c2nnc(CN3CCN(Cc4cccc(C)c4)CC3)o2)cc1. The van der Waals surface area contributed by atoms with Crippen LogP contribution in [-0.2, 0) is 13.1 Å². The van der Waals surface area contributed by atoms with Crippen molar-refractivity contribution in [2.24, 2.45) is 0 Å². The van der Waals surface area contributed by atoms with Gasteiger partial charge in [-0.05, 0) is 31.5 Å². The molecule has 3 aromatic rings. The van der Waals surface area contributed by atoms with Gasteiger partial charge < -0.3 is 4.42 Å². The van der Waals surface area contributed by atoms with Gasteiger partial charge in [0.2, 0.25) is 11.8 Å². The number of nitrogens with zero attached hydrogens (tertiary/aromatic N) is 4. The van der Waals surface area contributed by atoms with Crippen molar-refractivity contribution in [3.8, 4) is 11.5 Å². The lowest BCUT2D eigenvalue weighted by molar-refractivity contribution is 0.114. The maximum Gasteiger partial charge on any atom is 0.247 e. The average molecular weight is 362 g/mol. The van der Waals surface area contributed by atoms with Crippen LogP contribution in [0.25, 0.3) is 11.5 Å². The van der Waals surface area contributed by atoms with E-state index in [1.54, 1.807) is 0 Å². The van der Waals surface area contributed by atoms with Crippen molar-refractivity contribution >= 4 is 0 Å². The third-order valence-corrected chi connectivity index (χ3v) is 5.08. The quantitative estimate of drug-likeness (QED) is 0.693. The molecule has 0 aliphatic carbocycles. The first-order chi connectivity index (χ1) is 13.2. The molecule has 1 saturated heterocycles. The molecule has 1 aliphatic heterocycles. The lowest BCUT2D eigenvalue weighted by Crippen LogP contribution is -2.45. The highest BCUT2D eigenvalue weighted by Crippen LogP contribution is 2.19. The molecule has 1 aromatic heterocycles. The molecule has 4 rings (SSSR count). The van der Waals surface area contributed by atoms with E-state index in [-0.39, 0.29) is 0 Å². The Balaban J connectivity index is 1.30. The number of aromatic nitrogens is 2. The summed E-state index contributed by atoms with van der Waals surface area (Å²) in [6.45, 7) is 10.1. The minimum absolute atomic E-state index is 0.600. The normalized spacial score (nSPS) is 15.9. The van der Waals surface area contributed by atoms with Crippen molar-refractivity contribution in [3.05, 3.63) is 71.1 Å². The first kappa shape index (κ1) is 17.9. The molecule has 2 aromatic carbocycles. The predicted octanol–water partition coefficient (Wildman–Crippen LogP) is 3.67. The van der Waals surface area contributed by atoms with E-state index in [9.17, 15) is 0 Å². The van der Waals surface area contributed by atoms with Crippen molar-refractivity contribution < 1.29 is 4.42 Å². The van der Waals surface area contributed by atoms with Gasteiger partial charge in [0.15, 0.2) is 0 Å². The van der Waals surface area contributed by atoms with Gasteiger partial charge in [0, 0.05) is 38.3 Å². The molecule has 1 aliphatic rings. The van der Waals surface area contributed by atoms with E-state index in [1.807, 2.05) is 12.1 Å². The highest BCUT2D eigenvalue weighted by atomic mass is 16.4. The molecule has 0 spiro atoms. The van der Waals surface area contributed by atoms with Gasteiger partial charge in [-0.25, -0.2) is 0 Å². The molecule has 0 N–H and O–H groups in total. The summed E-state index contributed by atoms with van der Waals surface area (Å²) >= 11 is 0. The molecule has 0 atom stereocenters. The van der Waals surface area contributed by atoms with Gasteiger partial charge in [0.25, 0.3) is 0 Å². The highest BCUT2D eigenvalue weighted by molar-refractivity contribution is 5.52. The zero-order valence-electron chi connectivity index (χ0n) is 16.1. The summed E-state index contributed by atoms with van der Waals surface area (Å²) in [6, 6.07) is 17.0. The molecule has 0 amide bonds. The molecule has 0 radical (unpaired) electrons. The van der Waals surface area contributed by atoms with Crippen LogP contribution in [0, 0.1) is 13.8 Å². The van der Waals surface area contributed by atoms with Crippen LogP contribution in [-0.4, -0.2) is 46.2 Å². The minimum Gasteiger partial charge on any atom is -0.419 e. The van der Waals surface area contributed by atoms with E-state index in [0.29, 0.717) is 11.8 Å². The zero-order chi connectivity index (χ0) is 18.6. The largest absolute Gasteiger partial charge is 0.419 e. The fourth-order valence-corrected chi connectivity index (χ4v) is 3.50. The molecular formula is C22H26N4O. The topological polar surface area (TPSA) is 45.4 Å². The summed E-state index contributed by atoms with van der Waals surface area (Å²) in [5, 5.41) is 8.44. The number of piperazine rings is 1. The maximum atomic E-state index is 5.87. The summed E-state index contributed by atoms with van der Waals surface area (Å²) in [7, 11) is 0. The van der Waals surface area contributed by atoms with Gasteiger partial charge >= 0.3 is 0 Å². The van der Waals surface area contributed by atoms with Gasteiger partial charge in [-0.3, -0.25) is 9.80 Å². The van der Waals surface area contributed by atoms with Crippen LogP contribution in [0.5, 0.6) is 0 Å². The van der Waals surface area contributed by atoms with Gasteiger partial charge in [0.1, 0.15) is 0 Å². The molecular weight excluding hydrogens is 336 g/mol. The minimum atomic E-state index is 0.600. The van der Waals surface area contributed by atoms with E-state index >= 15 is 0 Å². The Hall–Kier alpha value is -2.50. The Morgan fingerprint density at radius 2 is 1.52 bits per heavy atom. The number of rotatable bonds is 5. The first-order valence-corrected chi connectivity index (χ1v) is 9.55. The molecule has 140 valence electrons. The van der Waals surface area contributed by atoms with Crippen molar-refractivity contribution in [1.29, 1.82) is 0 Å². The van der Waals surface area contributed by atoms with Crippen molar-refractivity contribution in [2.75, 3.05) is 26.2 Å². The molecule has 1 fully saturated rings. The highest BCUT2D eigenvalue weighted by Gasteiger charge is 2.19. The predicted molar refractivity (Wildman–Crippen MR) is 106 cm³/mol. The smallest absolute Gasteiger partial charge is 0.247 e. The first-order valence-electron chi connectivity index (χ1n) is 9.55. The van der Waals surface area contributed by atoms with E-state index < -0.39 is 0 Å². The monoisotopic (exact) mass is 362 g/mol. The van der Waals surface area contributed by atoms with Gasteiger partial charge in [0.05, 0.1) is 6.54 Å². The lowest BCUT2D eigenvalue weighted by Gasteiger charge is -2.34. The Morgan fingerprint density at radius 3 is 2.22 bits per heavy atom. The van der Waals surface area contributed by atoms with E-state index in [2.05, 4.69) is 70.2 Å². The van der Waals surface area contributed by atoms with Crippen LogP contribution in [0.2, 0.25) is 0 Å². The number of benzene rings is 2. The maximum absolute atomic E-state index is 5.87. The Morgan fingerprint density at radius 1 is 0.815 bits per heavy atom. The summed E-state index contributed by atoms with van der Waals surface area (Å²) in [5.74, 6) is 1.29. The third kappa shape index (κ3) is 4.62. The second-order valence-corrected chi connectivity index (χ2v) is 7.41. The second kappa shape index (κ2) is 8.03. The van der Waals surface area contributed by atoms with Crippen LogP contribution in [0.3, 0.4) is 0 Å². The summed E-state index contributed by atoms with van der Waals surface area (Å²) in [5.41, 5.74) is 4.92. The molecule has 0 unspecified atom stereocenters. The summed E-state index contributed by atoms with van der Waals surface area (Å²) in [4.78, 5) is 4.90. The fourth-order valence-electron chi connectivity index (χ4n) is 3.50. The van der Waals surface area contributed by atoms with Crippen molar-refractivity contribution in [1.82, 2.24) is 20.0 Å².